The van der Waals surface area contributed by atoms with E-state index in [1.807, 2.05) is 24.3 Å². The molecule has 2 aromatic carbocycles. The van der Waals surface area contributed by atoms with Crippen molar-refractivity contribution in [1.29, 1.82) is 0 Å². The predicted octanol–water partition coefficient (Wildman–Crippen LogP) is 5.82. The smallest absolute Gasteiger partial charge is 0.187 e. The summed E-state index contributed by atoms with van der Waals surface area (Å²) in [5.41, 5.74) is 5.73. The lowest BCUT2D eigenvalue weighted by molar-refractivity contribution is 1.32. The minimum atomic E-state index is 0.732. The molecule has 0 amide bonds. The largest absolute Gasteiger partial charge is 0.332 e. The van der Waals surface area contributed by atoms with Crippen molar-refractivity contribution >= 4 is 33.8 Å². The number of rotatable bonds is 3. The Hall–Kier alpha value is -1.84. The van der Waals surface area contributed by atoms with Crippen LogP contribution < -0.4 is 5.32 Å². The van der Waals surface area contributed by atoms with Gasteiger partial charge >= 0.3 is 0 Å². The molecule has 0 spiro atoms. The van der Waals surface area contributed by atoms with Crippen LogP contribution >= 0.6 is 22.9 Å². The maximum Gasteiger partial charge on any atom is 0.187 e. The number of nitrogens with zero attached hydrogens (tertiary/aromatic N) is 1. The zero-order chi connectivity index (χ0) is 14.8. The van der Waals surface area contributed by atoms with Crippen LogP contribution in [0.1, 0.15) is 11.1 Å². The molecule has 0 atom stereocenters. The Bertz CT molecular complexity index is 742. The molecule has 3 aromatic rings. The second-order valence-corrected chi connectivity index (χ2v) is 6.23. The minimum absolute atomic E-state index is 0.732. The Kier molecular flexibility index (Phi) is 3.95. The van der Waals surface area contributed by atoms with Crippen LogP contribution in [0.2, 0.25) is 5.02 Å². The number of hydrogen-bond acceptors (Lipinski definition) is 3. The normalized spacial score (nSPS) is 10.6. The molecule has 1 heterocycles. The van der Waals surface area contributed by atoms with E-state index in [4.69, 9.17) is 16.6 Å². The molecule has 1 N–H and O–H groups in total. The molecule has 0 saturated carbocycles. The third-order valence-corrected chi connectivity index (χ3v) is 4.35. The van der Waals surface area contributed by atoms with Crippen LogP contribution in [0.25, 0.3) is 11.3 Å². The maximum absolute atomic E-state index is 5.89. The molecular formula is C17H15ClN2S. The minimum Gasteiger partial charge on any atom is -0.332 e. The maximum atomic E-state index is 5.89. The topological polar surface area (TPSA) is 24.9 Å². The van der Waals surface area contributed by atoms with Gasteiger partial charge in [0.05, 0.1) is 5.69 Å². The molecule has 106 valence electrons. The third kappa shape index (κ3) is 3.09. The number of thiazole rings is 1. The summed E-state index contributed by atoms with van der Waals surface area (Å²) in [7, 11) is 0. The van der Waals surface area contributed by atoms with E-state index in [0.29, 0.717) is 0 Å². The number of anilines is 2. The highest BCUT2D eigenvalue weighted by Gasteiger charge is 2.09. The lowest BCUT2D eigenvalue weighted by atomic mass is 10.0. The first-order valence-electron chi connectivity index (χ1n) is 6.68. The van der Waals surface area contributed by atoms with E-state index >= 15 is 0 Å². The SMILES string of the molecule is Cc1cccc(C)c1-c1csc(Nc2ccc(Cl)cc2)n1. The summed E-state index contributed by atoms with van der Waals surface area (Å²) in [4.78, 5) is 4.69. The number of aromatic nitrogens is 1. The molecule has 0 unspecified atom stereocenters. The predicted molar refractivity (Wildman–Crippen MR) is 91.8 cm³/mol. The van der Waals surface area contributed by atoms with Crippen molar-refractivity contribution in [3.63, 3.8) is 0 Å². The van der Waals surface area contributed by atoms with Gasteiger partial charge < -0.3 is 5.32 Å². The first-order valence-corrected chi connectivity index (χ1v) is 7.94. The summed E-state index contributed by atoms with van der Waals surface area (Å²) in [6.45, 7) is 4.24. The van der Waals surface area contributed by atoms with E-state index in [9.17, 15) is 0 Å². The Morgan fingerprint density at radius 2 is 1.67 bits per heavy atom. The van der Waals surface area contributed by atoms with E-state index in [1.54, 1.807) is 11.3 Å². The van der Waals surface area contributed by atoms with Gasteiger partial charge in [-0.2, -0.15) is 0 Å². The molecule has 2 nitrogen and oxygen atoms in total. The van der Waals surface area contributed by atoms with Crippen LogP contribution in [-0.2, 0) is 0 Å². The highest BCUT2D eigenvalue weighted by atomic mass is 35.5. The van der Waals surface area contributed by atoms with Gasteiger partial charge in [0.25, 0.3) is 0 Å². The zero-order valence-electron chi connectivity index (χ0n) is 11.9. The van der Waals surface area contributed by atoms with E-state index < -0.39 is 0 Å². The van der Waals surface area contributed by atoms with Crippen molar-refractivity contribution in [2.24, 2.45) is 0 Å². The quantitative estimate of drug-likeness (QED) is 0.658. The first-order chi connectivity index (χ1) is 10.1. The van der Waals surface area contributed by atoms with Crippen LogP contribution in [-0.4, -0.2) is 4.98 Å². The molecule has 0 bridgehead atoms. The van der Waals surface area contributed by atoms with Gasteiger partial charge in [0.2, 0.25) is 0 Å². The van der Waals surface area contributed by atoms with Crippen LogP contribution in [0.5, 0.6) is 0 Å². The first kappa shape index (κ1) is 14.1. The summed E-state index contributed by atoms with van der Waals surface area (Å²) in [6.07, 6.45) is 0. The van der Waals surface area contributed by atoms with Crippen molar-refractivity contribution in [1.82, 2.24) is 4.98 Å². The van der Waals surface area contributed by atoms with Crippen molar-refractivity contribution < 1.29 is 0 Å². The van der Waals surface area contributed by atoms with Gasteiger partial charge in [-0.05, 0) is 49.2 Å². The van der Waals surface area contributed by atoms with Gasteiger partial charge in [-0.1, -0.05) is 29.8 Å². The second-order valence-electron chi connectivity index (χ2n) is 4.94. The standard InChI is InChI=1S/C17H15ClN2S/c1-11-4-3-5-12(2)16(11)15-10-21-17(20-15)19-14-8-6-13(18)7-9-14/h3-10H,1-2H3,(H,19,20). The van der Waals surface area contributed by atoms with E-state index in [0.717, 1.165) is 21.5 Å². The average molecular weight is 315 g/mol. The monoisotopic (exact) mass is 314 g/mol. The van der Waals surface area contributed by atoms with Crippen molar-refractivity contribution in [3.8, 4) is 11.3 Å². The Labute approximate surface area is 133 Å². The number of benzene rings is 2. The Morgan fingerprint density at radius 3 is 2.33 bits per heavy atom. The Balaban J connectivity index is 1.88. The molecule has 0 saturated heterocycles. The van der Waals surface area contributed by atoms with Crippen LogP contribution in [0.4, 0.5) is 10.8 Å². The van der Waals surface area contributed by atoms with Crippen LogP contribution in [0, 0.1) is 13.8 Å². The molecule has 0 aliphatic carbocycles. The average Bonchev–Trinajstić information content (AvgIpc) is 2.89. The summed E-state index contributed by atoms with van der Waals surface area (Å²) in [5, 5.41) is 7.02. The lowest BCUT2D eigenvalue weighted by Crippen LogP contribution is -1.91. The molecule has 0 aliphatic heterocycles. The van der Waals surface area contributed by atoms with Gasteiger partial charge in [-0.25, -0.2) is 4.98 Å². The summed E-state index contributed by atoms with van der Waals surface area (Å²) in [5.74, 6) is 0. The fourth-order valence-corrected chi connectivity index (χ4v) is 3.17. The van der Waals surface area contributed by atoms with Gasteiger partial charge in [-0.15, -0.1) is 11.3 Å². The fraction of sp³-hybridized carbons (Fsp3) is 0.118. The lowest BCUT2D eigenvalue weighted by Gasteiger charge is -2.06. The van der Waals surface area contributed by atoms with Crippen molar-refractivity contribution in [2.45, 2.75) is 13.8 Å². The van der Waals surface area contributed by atoms with Gasteiger partial charge in [0.15, 0.2) is 5.13 Å². The number of nitrogens with one attached hydrogen (secondary N) is 1. The van der Waals surface area contributed by atoms with Crippen LogP contribution in [0.3, 0.4) is 0 Å². The van der Waals surface area contributed by atoms with Crippen LogP contribution in [0.15, 0.2) is 47.8 Å². The number of hydrogen-bond donors (Lipinski definition) is 1. The van der Waals surface area contributed by atoms with Gasteiger partial charge in [0.1, 0.15) is 0 Å². The number of aryl methyl sites for hydroxylation is 2. The summed E-state index contributed by atoms with van der Waals surface area (Å²) < 4.78 is 0. The third-order valence-electron chi connectivity index (χ3n) is 3.34. The molecule has 0 fully saturated rings. The molecule has 0 radical (unpaired) electrons. The van der Waals surface area contributed by atoms with Crippen molar-refractivity contribution in [3.05, 3.63) is 64.0 Å². The van der Waals surface area contributed by atoms with E-state index in [2.05, 4.69) is 42.7 Å². The molecule has 4 heteroatoms. The molecule has 1 aromatic heterocycles. The molecule has 21 heavy (non-hydrogen) atoms. The molecule has 0 aliphatic rings. The molecule has 3 rings (SSSR count). The Morgan fingerprint density at radius 1 is 1.00 bits per heavy atom. The highest BCUT2D eigenvalue weighted by molar-refractivity contribution is 7.14. The number of halogens is 1. The fourth-order valence-electron chi connectivity index (χ4n) is 2.32. The second kappa shape index (κ2) is 5.88. The van der Waals surface area contributed by atoms with Crippen molar-refractivity contribution in [2.75, 3.05) is 5.32 Å². The van der Waals surface area contributed by atoms with Gasteiger partial charge in [-0.3, -0.25) is 0 Å². The van der Waals surface area contributed by atoms with Gasteiger partial charge in [0, 0.05) is 21.7 Å². The summed E-state index contributed by atoms with van der Waals surface area (Å²) >= 11 is 7.50. The zero-order valence-corrected chi connectivity index (χ0v) is 13.4. The summed E-state index contributed by atoms with van der Waals surface area (Å²) in [6, 6.07) is 13.9. The highest BCUT2D eigenvalue weighted by Crippen LogP contribution is 2.31. The molecular weight excluding hydrogens is 300 g/mol. The van der Waals surface area contributed by atoms with E-state index in [1.165, 1.54) is 16.7 Å². The van der Waals surface area contributed by atoms with E-state index in [-0.39, 0.29) is 0 Å².